The minimum absolute atomic E-state index is 0.0604. The summed E-state index contributed by atoms with van der Waals surface area (Å²) in [6.07, 6.45) is -0.668. The maximum absolute atomic E-state index is 13.7. The van der Waals surface area contributed by atoms with Crippen LogP contribution >= 0.6 is 11.3 Å². The maximum atomic E-state index is 13.7. The van der Waals surface area contributed by atoms with E-state index in [4.69, 9.17) is 15.3 Å². The lowest BCUT2D eigenvalue weighted by Crippen LogP contribution is -2.57. The molecule has 3 saturated heterocycles. The van der Waals surface area contributed by atoms with Crippen LogP contribution < -0.4 is 10.2 Å². The van der Waals surface area contributed by atoms with Gasteiger partial charge in [0.25, 0.3) is 5.91 Å². The normalized spacial score (nSPS) is 24.0. The van der Waals surface area contributed by atoms with Gasteiger partial charge in [0.1, 0.15) is 18.7 Å². The average Bonchev–Trinajstić information content (AvgIpc) is 3.65. The fraction of sp³-hybridized carbons (Fsp3) is 0.556. The number of benzene rings is 1. The highest BCUT2D eigenvalue weighted by Gasteiger charge is 2.54. The van der Waals surface area contributed by atoms with Gasteiger partial charge >= 0.3 is 0 Å². The number of nitrogens with one attached hydrogen (secondary N) is 1. The number of Topliss-reactive ketones (excluding diaryl/α,β-unsaturated/α-hetero) is 1. The number of fused-ring (bicyclic) bond motifs is 1. The van der Waals surface area contributed by atoms with Crippen LogP contribution in [-0.2, 0) is 14.3 Å². The lowest BCUT2D eigenvalue weighted by molar-refractivity contribution is -0.140. The Morgan fingerprint density at radius 1 is 1.20 bits per heavy atom. The molecule has 5 rings (SSSR count). The summed E-state index contributed by atoms with van der Waals surface area (Å²) < 4.78 is 5.53. The third kappa shape index (κ3) is 5.55. The summed E-state index contributed by atoms with van der Waals surface area (Å²) in [6, 6.07) is 4.77. The summed E-state index contributed by atoms with van der Waals surface area (Å²) in [7, 11) is 2.12. The zero-order valence-electron chi connectivity index (χ0n) is 23.1. The SMILES string of the molecule is CN1CCN(c2nc(-c3ccc(C(=O)N[C@H](C(=O)N4C[C@H](N=[N+]=[N-])[C@H]5OCC(=O)[C@H]54)C(C)(C)C)cc3)cs2)CC1. The van der Waals surface area contributed by atoms with E-state index in [9.17, 15) is 14.4 Å². The summed E-state index contributed by atoms with van der Waals surface area (Å²) in [4.78, 5) is 53.2. The van der Waals surface area contributed by atoms with Gasteiger partial charge in [-0.25, -0.2) is 4.98 Å². The molecule has 0 unspecified atom stereocenters. The van der Waals surface area contributed by atoms with Crippen LogP contribution in [0.1, 0.15) is 31.1 Å². The second-order valence-corrected chi connectivity index (χ2v) is 12.4. The molecule has 0 spiro atoms. The zero-order chi connectivity index (χ0) is 28.6. The van der Waals surface area contributed by atoms with Crippen molar-refractivity contribution in [3.05, 3.63) is 45.7 Å². The summed E-state index contributed by atoms with van der Waals surface area (Å²) in [5.41, 5.74) is 10.5. The van der Waals surface area contributed by atoms with E-state index in [1.54, 1.807) is 23.5 Å². The molecular formula is C27H34N8O4S. The Morgan fingerprint density at radius 3 is 2.55 bits per heavy atom. The maximum Gasteiger partial charge on any atom is 0.251 e. The summed E-state index contributed by atoms with van der Waals surface area (Å²) in [5.74, 6) is -1.03. The van der Waals surface area contributed by atoms with Gasteiger partial charge in [-0.05, 0) is 30.1 Å². The molecule has 1 N–H and O–H groups in total. The number of ketones is 1. The molecule has 3 fully saturated rings. The number of thiazole rings is 1. The first-order valence-corrected chi connectivity index (χ1v) is 14.2. The average molecular weight is 567 g/mol. The van der Waals surface area contributed by atoms with Crippen molar-refractivity contribution in [2.24, 2.45) is 10.5 Å². The van der Waals surface area contributed by atoms with Crippen molar-refractivity contribution >= 4 is 34.1 Å². The van der Waals surface area contributed by atoms with E-state index in [2.05, 4.69) is 32.2 Å². The van der Waals surface area contributed by atoms with Crippen LogP contribution in [0.5, 0.6) is 0 Å². The second kappa shape index (κ2) is 11.2. The predicted octanol–water partition coefficient (Wildman–Crippen LogP) is 2.56. The fourth-order valence-corrected chi connectivity index (χ4v) is 6.27. The van der Waals surface area contributed by atoms with Crippen LogP contribution in [0.3, 0.4) is 0 Å². The molecule has 4 atom stereocenters. The van der Waals surface area contributed by atoms with E-state index in [0.717, 1.165) is 42.6 Å². The monoisotopic (exact) mass is 566 g/mol. The molecule has 1 aromatic carbocycles. The van der Waals surface area contributed by atoms with Gasteiger partial charge in [-0.3, -0.25) is 14.4 Å². The standard InChI is InChI=1S/C27H34N8O4S/c1-27(2,3)23(25(38)35-13-18(31-32-28)22-21(35)20(36)14-39-22)30-24(37)17-7-5-16(6-8-17)19-15-40-26(29-19)34-11-9-33(4)10-12-34/h5-8,15,18,21-23H,9-14H2,1-4H3,(H,30,37)/t18-,21+,22+,23+/m0/s1. The quantitative estimate of drug-likeness (QED) is 0.321. The van der Waals surface area contributed by atoms with Gasteiger partial charge in [0.2, 0.25) is 5.91 Å². The molecule has 0 radical (unpaired) electrons. The number of likely N-dealkylation sites (tertiary alicyclic amines) is 1. The summed E-state index contributed by atoms with van der Waals surface area (Å²) in [5, 5.41) is 9.65. The Labute approximate surface area is 236 Å². The van der Waals surface area contributed by atoms with Crippen molar-refractivity contribution in [1.82, 2.24) is 20.1 Å². The molecule has 0 aliphatic carbocycles. The number of azide groups is 1. The first-order valence-electron chi connectivity index (χ1n) is 13.4. The number of carbonyl (C=O) groups excluding carboxylic acids is 3. The van der Waals surface area contributed by atoms with E-state index < -0.39 is 41.5 Å². The van der Waals surface area contributed by atoms with Crippen molar-refractivity contribution in [1.29, 1.82) is 0 Å². The lowest BCUT2D eigenvalue weighted by Gasteiger charge is -2.35. The van der Waals surface area contributed by atoms with Crippen LogP contribution in [-0.4, -0.2) is 103 Å². The molecule has 4 heterocycles. The molecule has 13 heteroatoms. The van der Waals surface area contributed by atoms with Gasteiger partial charge in [-0.15, -0.1) is 11.3 Å². The number of amides is 2. The summed E-state index contributed by atoms with van der Waals surface area (Å²) >= 11 is 1.61. The molecule has 40 heavy (non-hydrogen) atoms. The van der Waals surface area contributed by atoms with E-state index >= 15 is 0 Å². The van der Waals surface area contributed by atoms with Gasteiger partial charge in [-0.2, -0.15) is 0 Å². The molecule has 0 saturated carbocycles. The third-order valence-electron chi connectivity index (χ3n) is 7.74. The number of hydrogen-bond acceptors (Lipinski definition) is 9. The number of rotatable bonds is 6. The number of nitrogens with zero attached hydrogens (tertiary/aromatic N) is 7. The molecule has 3 aliphatic rings. The largest absolute Gasteiger partial charge is 0.367 e. The molecule has 12 nitrogen and oxygen atoms in total. The number of anilines is 1. The Kier molecular flexibility index (Phi) is 7.83. The number of piperazine rings is 1. The Hall–Kier alpha value is -3.51. The predicted molar refractivity (Wildman–Crippen MR) is 151 cm³/mol. The third-order valence-corrected chi connectivity index (χ3v) is 8.64. The Morgan fingerprint density at radius 2 is 1.90 bits per heavy atom. The molecule has 3 aliphatic heterocycles. The zero-order valence-corrected chi connectivity index (χ0v) is 23.9. The first kappa shape index (κ1) is 28.0. The van der Waals surface area contributed by atoms with E-state index in [1.807, 2.05) is 38.3 Å². The fourth-order valence-electron chi connectivity index (χ4n) is 5.39. The van der Waals surface area contributed by atoms with Crippen LogP contribution in [0, 0.1) is 5.41 Å². The molecule has 2 aromatic rings. The minimum Gasteiger partial charge on any atom is -0.367 e. The number of aromatic nitrogens is 1. The van der Waals surface area contributed by atoms with Crippen molar-refractivity contribution < 1.29 is 19.1 Å². The van der Waals surface area contributed by atoms with Gasteiger partial charge in [0.15, 0.2) is 10.9 Å². The van der Waals surface area contributed by atoms with Crippen LogP contribution in [0.25, 0.3) is 21.7 Å². The Bertz CT molecular complexity index is 1320. The van der Waals surface area contributed by atoms with Gasteiger partial charge < -0.3 is 24.8 Å². The molecule has 212 valence electrons. The number of ether oxygens (including phenoxy) is 1. The molecule has 1 aromatic heterocycles. The second-order valence-electron chi connectivity index (χ2n) is 11.6. The summed E-state index contributed by atoms with van der Waals surface area (Å²) in [6.45, 7) is 9.39. The van der Waals surface area contributed by atoms with Crippen LogP contribution in [0.2, 0.25) is 0 Å². The number of carbonyl (C=O) groups is 3. The smallest absolute Gasteiger partial charge is 0.251 e. The van der Waals surface area contributed by atoms with Crippen molar-refractivity contribution in [2.75, 3.05) is 51.3 Å². The van der Waals surface area contributed by atoms with Gasteiger partial charge in [0, 0.05) is 54.1 Å². The number of likely N-dealkylation sites (N-methyl/N-ethyl adjacent to an activating group) is 1. The number of hydrogen-bond donors (Lipinski definition) is 1. The van der Waals surface area contributed by atoms with E-state index in [0.29, 0.717) is 5.56 Å². The Balaban J connectivity index is 1.29. The highest BCUT2D eigenvalue weighted by atomic mass is 32.1. The molecule has 2 amide bonds. The van der Waals surface area contributed by atoms with Crippen molar-refractivity contribution in [3.8, 4) is 11.3 Å². The minimum atomic E-state index is -0.914. The van der Waals surface area contributed by atoms with E-state index in [1.165, 1.54) is 4.90 Å². The van der Waals surface area contributed by atoms with Crippen LogP contribution in [0.15, 0.2) is 34.8 Å². The van der Waals surface area contributed by atoms with E-state index in [-0.39, 0.29) is 18.9 Å². The molecular weight excluding hydrogens is 532 g/mol. The highest BCUT2D eigenvalue weighted by Crippen LogP contribution is 2.33. The van der Waals surface area contributed by atoms with Crippen LogP contribution in [0.4, 0.5) is 5.13 Å². The topological polar surface area (TPSA) is 144 Å². The molecule has 0 bridgehead atoms. The van der Waals surface area contributed by atoms with Gasteiger partial charge in [0.05, 0.1) is 17.8 Å². The highest BCUT2D eigenvalue weighted by molar-refractivity contribution is 7.14. The van der Waals surface area contributed by atoms with Crippen molar-refractivity contribution in [2.45, 2.75) is 45.0 Å². The lowest BCUT2D eigenvalue weighted by atomic mass is 9.85. The van der Waals surface area contributed by atoms with Gasteiger partial charge in [-0.1, -0.05) is 38.0 Å². The van der Waals surface area contributed by atoms with Crippen molar-refractivity contribution in [3.63, 3.8) is 0 Å². The first-order chi connectivity index (χ1) is 19.1.